The number of hydrogen-bond acceptors (Lipinski definition) is 2. The second-order valence-electron chi connectivity index (χ2n) is 3.56. The molecule has 90 valence electrons. The lowest BCUT2D eigenvalue weighted by Gasteiger charge is -2.07. The zero-order chi connectivity index (χ0) is 12.1. The molecule has 1 aromatic heterocycles. The molecule has 0 unspecified atom stereocenters. The highest BCUT2D eigenvalue weighted by Crippen LogP contribution is 2.24. The van der Waals surface area contributed by atoms with Crippen LogP contribution in [0, 0.1) is 0 Å². The van der Waals surface area contributed by atoms with Gasteiger partial charge in [-0.15, -0.1) is 11.3 Å². The van der Waals surface area contributed by atoms with E-state index in [0.29, 0.717) is 0 Å². The van der Waals surface area contributed by atoms with Gasteiger partial charge < -0.3 is 4.74 Å². The van der Waals surface area contributed by atoms with Crippen molar-refractivity contribution in [3.8, 4) is 5.75 Å². The van der Waals surface area contributed by atoms with Crippen molar-refractivity contribution in [2.45, 2.75) is 11.8 Å². The molecule has 0 aliphatic heterocycles. The molecule has 0 aliphatic carbocycles. The van der Waals surface area contributed by atoms with Gasteiger partial charge in [-0.2, -0.15) is 0 Å². The van der Waals surface area contributed by atoms with Crippen molar-refractivity contribution in [2.24, 2.45) is 0 Å². The van der Waals surface area contributed by atoms with Crippen LogP contribution >= 0.6 is 43.2 Å². The first kappa shape index (κ1) is 13.1. The molecule has 1 aromatic carbocycles. The summed E-state index contributed by atoms with van der Waals surface area (Å²) in [6.07, 6.45) is 0.970. The molecule has 0 atom stereocenters. The van der Waals surface area contributed by atoms with Crippen molar-refractivity contribution in [3.05, 3.63) is 50.6 Å². The van der Waals surface area contributed by atoms with Crippen molar-refractivity contribution in [1.29, 1.82) is 0 Å². The molecular weight excluding hydrogens is 364 g/mol. The highest BCUT2D eigenvalue weighted by atomic mass is 79.9. The summed E-state index contributed by atoms with van der Waals surface area (Å²) in [6, 6.07) is 10.3. The lowest BCUT2D eigenvalue weighted by Crippen LogP contribution is -2.00. The van der Waals surface area contributed by atoms with E-state index in [2.05, 4.69) is 55.4 Å². The molecule has 0 saturated carbocycles. The minimum Gasteiger partial charge on any atom is -0.493 e. The molecule has 0 aliphatic rings. The summed E-state index contributed by atoms with van der Waals surface area (Å²) >= 11 is 8.74. The van der Waals surface area contributed by atoms with Crippen molar-refractivity contribution >= 4 is 43.2 Å². The molecule has 0 fully saturated rings. The number of ether oxygens (including phenoxy) is 1. The van der Waals surface area contributed by atoms with Crippen LogP contribution < -0.4 is 4.74 Å². The summed E-state index contributed by atoms with van der Waals surface area (Å²) in [5, 5.41) is 2.92. The largest absolute Gasteiger partial charge is 0.493 e. The zero-order valence-corrected chi connectivity index (χ0v) is 13.1. The first-order valence-corrected chi connectivity index (χ1v) is 8.08. The van der Waals surface area contributed by atoms with E-state index in [0.717, 1.165) is 28.6 Å². The van der Waals surface area contributed by atoms with Crippen molar-refractivity contribution < 1.29 is 4.74 Å². The van der Waals surface area contributed by atoms with Gasteiger partial charge in [-0.25, -0.2) is 0 Å². The van der Waals surface area contributed by atoms with Gasteiger partial charge >= 0.3 is 0 Å². The lowest BCUT2D eigenvalue weighted by atomic mass is 10.2. The third-order valence-corrected chi connectivity index (χ3v) is 4.67. The van der Waals surface area contributed by atoms with Gasteiger partial charge in [-0.3, -0.25) is 0 Å². The third-order valence-electron chi connectivity index (χ3n) is 2.36. The molecular formula is C13H12Br2OS. The Labute approximate surface area is 122 Å². The summed E-state index contributed by atoms with van der Waals surface area (Å²) in [5.74, 6) is 0.930. The van der Waals surface area contributed by atoms with Crippen LogP contribution in [0.2, 0.25) is 0 Å². The molecule has 17 heavy (non-hydrogen) atoms. The molecule has 1 heterocycles. The van der Waals surface area contributed by atoms with Crippen molar-refractivity contribution in [1.82, 2.24) is 0 Å². The second-order valence-corrected chi connectivity index (χ2v) is 6.01. The molecule has 0 N–H and O–H groups in total. The summed E-state index contributed by atoms with van der Waals surface area (Å²) in [5.41, 5.74) is 1.21. The molecule has 4 heteroatoms. The zero-order valence-electron chi connectivity index (χ0n) is 9.16. The van der Waals surface area contributed by atoms with Gasteiger partial charge in [0.05, 0.1) is 6.61 Å². The monoisotopic (exact) mass is 374 g/mol. The average Bonchev–Trinajstić information content (AvgIpc) is 2.84. The van der Waals surface area contributed by atoms with E-state index in [-0.39, 0.29) is 0 Å². The van der Waals surface area contributed by atoms with Gasteiger partial charge in [-0.1, -0.05) is 37.9 Å². The number of rotatable bonds is 5. The van der Waals surface area contributed by atoms with E-state index < -0.39 is 0 Å². The van der Waals surface area contributed by atoms with Crippen LogP contribution in [0.4, 0.5) is 0 Å². The van der Waals surface area contributed by atoms with E-state index >= 15 is 0 Å². The summed E-state index contributed by atoms with van der Waals surface area (Å²) in [6.45, 7) is 0.726. The van der Waals surface area contributed by atoms with Gasteiger partial charge in [0.1, 0.15) is 5.75 Å². The fourth-order valence-electron chi connectivity index (χ4n) is 1.47. The minimum absolute atomic E-state index is 0.726. The Kier molecular flexibility index (Phi) is 5.07. The van der Waals surface area contributed by atoms with Gasteiger partial charge in [0, 0.05) is 21.1 Å². The van der Waals surface area contributed by atoms with E-state index in [9.17, 15) is 0 Å². The number of halogens is 2. The average molecular weight is 376 g/mol. The first-order chi connectivity index (χ1) is 8.29. The normalized spacial score (nSPS) is 10.5. The van der Waals surface area contributed by atoms with E-state index in [4.69, 9.17) is 4.74 Å². The second kappa shape index (κ2) is 6.57. The van der Waals surface area contributed by atoms with Gasteiger partial charge in [-0.05, 0) is 35.2 Å². The van der Waals surface area contributed by atoms with Gasteiger partial charge in [0.15, 0.2) is 0 Å². The predicted molar refractivity (Wildman–Crippen MR) is 80.3 cm³/mol. The maximum Gasteiger partial charge on any atom is 0.119 e. The Hall–Kier alpha value is -0.320. The summed E-state index contributed by atoms with van der Waals surface area (Å²) < 4.78 is 6.85. The predicted octanol–water partition coefficient (Wildman–Crippen LogP) is 5.03. The molecule has 0 amide bonds. The van der Waals surface area contributed by atoms with E-state index in [1.54, 1.807) is 11.3 Å². The van der Waals surface area contributed by atoms with Crippen LogP contribution in [-0.4, -0.2) is 6.61 Å². The van der Waals surface area contributed by atoms with Crippen LogP contribution in [0.25, 0.3) is 0 Å². The van der Waals surface area contributed by atoms with Gasteiger partial charge in [0.25, 0.3) is 0 Å². The Bertz CT molecular complexity index is 468. The van der Waals surface area contributed by atoms with Crippen molar-refractivity contribution in [2.75, 3.05) is 6.61 Å². The lowest BCUT2D eigenvalue weighted by molar-refractivity contribution is 0.322. The van der Waals surface area contributed by atoms with E-state index in [1.165, 1.54) is 10.4 Å². The van der Waals surface area contributed by atoms with Gasteiger partial charge in [0.2, 0.25) is 0 Å². The number of benzene rings is 1. The van der Waals surface area contributed by atoms with Crippen LogP contribution in [0.1, 0.15) is 10.4 Å². The van der Waals surface area contributed by atoms with Crippen LogP contribution in [0.5, 0.6) is 5.75 Å². The highest BCUT2D eigenvalue weighted by Gasteiger charge is 2.01. The number of hydrogen-bond donors (Lipinski definition) is 0. The Morgan fingerprint density at radius 2 is 2.12 bits per heavy atom. The highest BCUT2D eigenvalue weighted by molar-refractivity contribution is 9.10. The third kappa shape index (κ3) is 3.83. The maximum absolute atomic E-state index is 5.74. The number of alkyl halides is 1. The number of thiophene rings is 1. The summed E-state index contributed by atoms with van der Waals surface area (Å²) in [7, 11) is 0. The molecule has 2 aromatic rings. The first-order valence-electron chi connectivity index (χ1n) is 5.29. The van der Waals surface area contributed by atoms with Crippen LogP contribution in [-0.2, 0) is 11.8 Å². The molecule has 0 radical (unpaired) electrons. The Morgan fingerprint density at radius 3 is 2.82 bits per heavy atom. The van der Waals surface area contributed by atoms with Crippen molar-refractivity contribution in [3.63, 3.8) is 0 Å². The Balaban J connectivity index is 1.90. The summed E-state index contributed by atoms with van der Waals surface area (Å²) in [4.78, 5) is 1.36. The fourth-order valence-corrected chi connectivity index (χ4v) is 3.38. The SMILES string of the molecule is BrCc1cc(OCCc2cccs2)ccc1Br. The molecule has 0 bridgehead atoms. The fraction of sp³-hybridized carbons (Fsp3) is 0.231. The smallest absolute Gasteiger partial charge is 0.119 e. The van der Waals surface area contributed by atoms with Crippen LogP contribution in [0.15, 0.2) is 40.2 Å². The maximum atomic E-state index is 5.74. The van der Waals surface area contributed by atoms with Crippen LogP contribution in [0.3, 0.4) is 0 Å². The molecule has 2 rings (SSSR count). The standard InChI is InChI=1S/C13H12Br2OS/c14-9-10-8-11(3-4-13(10)15)16-6-5-12-2-1-7-17-12/h1-4,7-8H,5-6,9H2. The molecule has 0 saturated heterocycles. The Morgan fingerprint density at radius 1 is 1.24 bits per heavy atom. The van der Waals surface area contributed by atoms with E-state index in [1.807, 2.05) is 12.1 Å². The quantitative estimate of drug-likeness (QED) is 0.666. The minimum atomic E-state index is 0.726. The molecule has 0 spiro atoms. The molecule has 1 nitrogen and oxygen atoms in total. The topological polar surface area (TPSA) is 9.23 Å².